The molecule has 1 heterocycles. The van der Waals surface area contributed by atoms with Crippen molar-refractivity contribution in [2.45, 2.75) is 20.0 Å². The Morgan fingerprint density at radius 3 is 2.56 bits per heavy atom. The van der Waals surface area contributed by atoms with Crippen LogP contribution >= 0.6 is 11.3 Å². The van der Waals surface area contributed by atoms with Crippen molar-refractivity contribution in [2.75, 3.05) is 6.61 Å². The second kappa shape index (κ2) is 8.49. The third-order valence-corrected chi connectivity index (χ3v) is 4.50. The summed E-state index contributed by atoms with van der Waals surface area (Å²) in [5, 5.41) is 4.22. The topological polar surface area (TPSA) is 35.5 Å². The molecule has 0 saturated carbocycles. The Hall–Kier alpha value is -2.59. The highest BCUT2D eigenvalue weighted by Crippen LogP contribution is 2.27. The average Bonchev–Trinajstić information content (AvgIpc) is 3.16. The highest BCUT2D eigenvalue weighted by molar-refractivity contribution is 7.08. The van der Waals surface area contributed by atoms with Crippen molar-refractivity contribution < 1.29 is 14.3 Å². The van der Waals surface area contributed by atoms with E-state index in [4.69, 9.17) is 9.47 Å². The molecule has 0 fully saturated rings. The first-order chi connectivity index (χ1) is 12.3. The molecule has 3 rings (SSSR count). The van der Waals surface area contributed by atoms with Crippen molar-refractivity contribution in [3.8, 4) is 16.9 Å². The molecule has 0 atom stereocenters. The van der Waals surface area contributed by atoms with E-state index in [-0.39, 0.29) is 12.4 Å². The van der Waals surface area contributed by atoms with Crippen molar-refractivity contribution in [3.05, 3.63) is 76.5 Å². The van der Waals surface area contributed by atoms with Gasteiger partial charge < -0.3 is 9.47 Å². The van der Waals surface area contributed by atoms with Crippen molar-refractivity contribution in [2.24, 2.45) is 0 Å². The molecule has 3 nitrogen and oxygen atoms in total. The average molecular weight is 352 g/mol. The fourth-order valence-corrected chi connectivity index (χ4v) is 3.24. The predicted molar refractivity (Wildman–Crippen MR) is 101 cm³/mol. The maximum atomic E-state index is 11.5. The Morgan fingerprint density at radius 2 is 1.84 bits per heavy atom. The maximum Gasteiger partial charge on any atom is 0.310 e. The second-order valence-electron chi connectivity index (χ2n) is 5.58. The van der Waals surface area contributed by atoms with Gasteiger partial charge in [0.05, 0.1) is 13.0 Å². The summed E-state index contributed by atoms with van der Waals surface area (Å²) in [4.78, 5) is 11.5. The SMILES string of the molecule is CCOC(=O)Cc1ccc(OCc2ccccc2-c2ccsc2)cc1. The molecule has 25 heavy (non-hydrogen) atoms. The van der Waals surface area contributed by atoms with Crippen LogP contribution in [0.1, 0.15) is 18.1 Å². The van der Waals surface area contributed by atoms with Crippen molar-refractivity contribution in [3.63, 3.8) is 0 Å². The van der Waals surface area contributed by atoms with Gasteiger partial charge in [0.2, 0.25) is 0 Å². The van der Waals surface area contributed by atoms with Crippen LogP contribution in [0.5, 0.6) is 5.75 Å². The number of carbonyl (C=O) groups excluding carboxylic acids is 1. The number of benzene rings is 2. The zero-order valence-electron chi connectivity index (χ0n) is 14.1. The van der Waals surface area contributed by atoms with E-state index in [1.165, 1.54) is 11.1 Å². The van der Waals surface area contributed by atoms with Gasteiger partial charge in [-0.3, -0.25) is 4.79 Å². The minimum absolute atomic E-state index is 0.208. The standard InChI is InChI=1S/C21H20O3S/c1-2-23-21(22)13-16-7-9-19(10-8-16)24-14-17-5-3-4-6-20(17)18-11-12-25-15-18/h3-12,15H,2,13-14H2,1H3. The van der Waals surface area contributed by atoms with Gasteiger partial charge in [-0.05, 0) is 58.1 Å². The molecular formula is C21H20O3S. The van der Waals surface area contributed by atoms with Gasteiger partial charge in [0.25, 0.3) is 0 Å². The lowest BCUT2D eigenvalue weighted by atomic mass is 10.0. The van der Waals surface area contributed by atoms with Gasteiger partial charge in [-0.25, -0.2) is 0 Å². The third kappa shape index (κ3) is 4.70. The fraction of sp³-hybridized carbons (Fsp3) is 0.190. The number of hydrogen-bond acceptors (Lipinski definition) is 4. The Morgan fingerprint density at radius 1 is 1.04 bits per heavy atom. The first-order valence-corrected chi connectivity index (χ1v) is 9.18. The monoisotopic (exact) mass is 352 g/mol. The number of carbonyl (C=O) groups is 1. The van der Waals surface area contributed by atoms with Gasteiger partial charge in [0, 0.05) is 0 Å². The van der Waals surface area contributed by atoms with Crippen LogP contribution in [0.4, 0.5) is 0 Å². The summed E-state index contributed by atoms with van der Waals surface area (Å²) in [6, 6.07) is 18.0. The summed E-state index contributed by atoms with van der Waals surface area (Å²) in [7, 11) is 0. The second-order valence-corrected chi connectivity index (χ2v) is 6.36. The van der Waals surface area contributed by atoms with Crippen LogP contribution in [0.15, 0.2) is 65.4 Å². The Bertz CT molecular complexity index is 807. The minimum atomic E-state index is -0.208. The molecule has 0 aliphatic heterocycles. The Labute approximate surface area is 151 Å². The molecule has 0 N–H and O–H groups in total. The third-order valence-electron chi connectivity index (χ3n) is 3.82. The lowest BCUT2D eigenvalue weighted by Gasteiger charge is -2.11. The van der Waals surface area contributed by atoms with Crippen LogP contribution < -0.4 is 4.74 Å². The zero-order chi connectivity index (χ0) is 17.5. The predicted octanol–water partition coefficient (Wildman–Crippen LogP) is 5.10. The first-order valence-electron chi connectivity index (χ1n) is 8.24. The zero-order valence-corrected chi connectivity index (χ0v) is 14.9. The van der Waals surface area contributed by atoms with Crippen LogP contribution in [0.3, 0.4) is 0 Å². The summed E-state index contributed by atoms with van der Waals surface area (Å²) in [6.45, 7) is 2.72. The summed E-state index contributed by atoms with van der Waals surface area (Å²) < 4.78 is 10.9. The molecule has 0 bridgehead atoms. The van der Waals surface area contributed by atoms with E-state index in [9.17, 15) is 4.79 Å². The molecule has 0 aliphatic rings. The largest absolute Gasteiger partial charge is 0.489 e. The number of ether oxygens (including phenoxy) is 2. The highest BCUT2D eigenvalue weighted by atomic mass is 32.1. The number of hydrogen-bond donors (Lipinski definition) is 0. The maximum absolute atomic E-state index is 11.5. The molecule has 128 valence electrons. The molecule has 0 amide bonds. The van der Waals surface area contributed by atoms with Gasteiger partial charge >= 0.3 is 5.97 Å². The van der Waals surface area contributed by atoms with E-state index in [1.807, 2.05) is 43.3 Å². The molecule has 1 aromatic heterocycles. The Kier molecular flexibility index (Phi) is 5.86. The smallest absolute Gasteiger partial charge is 0.310 e. The van der Waals surface area contributed by atoms with Gasteiger partial charge in [-0.2, -0.15) is 11.3 Å². The van der Waals surface area contributed by atoms with Gasteiger partial charge in [-0.1, -0.05) is 36.4 Å². The van der Waals surface area contributed by atoms with Gasteiger partial charge in [0.1, 0.15) is 12.4 Å². The lowest BCUT2D eigenvalue weighted by Crippen LogP contribution is -2.07. The number of rotatable bonds is 7. The lowest BCUT2D eigenvalue weighted by molar-refractivity contribution is -0.142. The summed E-state index contributed by atoms with van der Waals surface area (Å²) in [6.07, 6.45) is 0.287. The van der Waals surface area contributed by atoms with E-state index >= 15 is 0 Å². The molecule has 4 heteroatoms. The molecular weight excluding hydrogens is 332 g/mol. The highest BCUT2D eigenvalue weighted by Gasteiger charge is 2.07. The molecule has 0 unspecified atom stereocenters. The molecule has 0 spiro atoms. The normalized spacial score (nSPS) is 10.4. The summed E-state index contributed by atoms with van der Waals surface area (Å²) in [5.41, 5.74) is 4.48. The van der Waals surface area contributed by atoms with E-state index in [0.717, 1.165) is 16.9 Å². The van der Waals surface area contributed by atoms with E-state index in [0.29, 0.717) is 13.2 Å². The molecule has 2 aromatic carbocycles. The van der Waals surface area contributed by atoms with Crippen LogP contribution in [0, 0.1) is 0 Å². The molecule has 0 radical (unpaired) electrons. The Balaban J connectivity index is 1.64. The van der Waals surface area contributed by atoms with Crippen LogP contribution in [-0.2, 0) is 22.6 Å². The van der Waals surface area contributed by atoms with Crippen molar-refractivity contribution in [1.82, 2.24) is 0 Å². The fourth-order valence-electron chi connectivity index (χ4n) is 2.59. The summed E-state index contributed by atoms with van der Waals surface area (Å²) in [5.74, 6) is 0.577. The van der Waals surface area contributed by atoms with Crippen molar-refractivity contribution in [1.29, 1.82) is 0 Å². The number of thiophene rings is 1. The minimum Gasteiger partial charge on any atom is -0.489 e. The van der Waals surface area contributed by atoms with E-state index in [2.05, 4.69) is 29.0 Å². The van der Waals surface area contributed by atoms with Crippen LogP contribution in [0.2, 0.25) is 0 Å². The van der Waals surface area contributed by atoms with E-state index in [1.54, 1.807) is 11.3 Å². The molecule has 0 saturated heterocycles. The van der Waals surface area contributed by atoms with Crippen LogP contribution in [-0.4, -0.2) is 12.6 Å². The van der Waals surface area contributed by atoms with Crippen LogP contribution in [0.25, 0.3) is 11.1 Å². The molecule has 3 aromatic rings. The van der Waals surface area contributed by atoms with E-state index < -0.39 is 0 Å². The quantitative estimate of drug-likeness (QED) is 0.555. The molecule has 0 aliphatic carbocycles. The van der Waals surface area contributed by atoms with Gasteiger partial charge in [0.15, 0.2) is 0 Å². The first kappa shape index (κ1) is 17.2. The number of esters is 1. The van der Waals surface area contributed by atoms with Gasteiger partial charge in [-0.15, -0.1) is 0 Å². The van der Waals surface area contributed by atoms with Crippen molar-refractivity contribution >= 4 is 17.3 Å². The summed E-state index contributed by atoms with van der Waals surface area (Å²) >= 11 is 1.69.